The van der Waals surface area contributed by atoms with E-state index in [0.717, 1.165) is 11.1 Å². The van der Waals surface area contributed by atoms with E-state index in [9.17, 15) is 13.2 Å². The minimum absolute atomic E-state index is 0. The molecule has 2 aromatic rings. The Hall–Kier alpha value is -2.09. The summed E-state index contributed by atoms with van der Waals surface area (Å²) in [6.45, 7) is 4.85. The van der Waals surface area contributed by atoms with E-state index in [1.165, 1.54) is 4.31 Å². The molecular weight excluding hydrogens is 398 g/mol. The minimum atomic E-state index is -3.46. The second-order valence-corrected chi connectivity index (χ2v) is 8.15. The predicted octanol–water partition coefficient (Wildman–Crippen LogP) is 2.97. The SMILES string of the molecule is CCN(CC)S(=O)(=O)c1ccc(CNC(=O)CCc2ccccc2N)cc1.Cl. The smallest absolute Gasteiger partial charge is 0.243 e. The average molecular weight is 426 g/mol. The third-order valence-electron chi connectivity index (χ3n) is 4.43. The first kappa shape index (κ1) is 23.9. The molecule has 6 nitrogen and oxygen atoms in total. The van der Waals surface area contributed by atoms with Gasteiger partial charge in [0, 0.05) is 31.7 Å². The van der Waals surface area contributed by atoms with E-state index in [4.69, 9.17) is 5.73 Å². The quantitative estimate of drug-likeness (QED) is 0.604. The summed E-state index contributed by atoms with van der Waals surface area (Å²) in [6.07, 6.45) is 0.933. The van der Waals surface area contributed by atoms with E-state index in [2.05, 4.69) is 5.32 Å². The lowest BCUT2D eigenvalue weighted by Crippen LogP contribution is -2.30. The molecule has 2 rings (SSSR count). The van der Waals surface area contributed by atoms with Gasteiger partial charge in [-0.15, -0.1) is 12.4 Å². The second-order valence-electron chi connectivity index (χ2n) is 6.21. The van der Waals surface area contributed by atoms with Crippen molar-refractivity contribution in [1.82, 2.24) is 9.62 Å². The molecule has 3 N–H and O–H groups in total. The Labute approximate surface area is 173 Å². The van der Waals surface area contributed by atoms with Gasteiger partial charge in [-0.25, -0.2) is 8.42 Å². The summed E-state index contributed by atoms with van der Waals surface area (Å²) < 4.78 is 26.3. The summed E-state index contributed by atoms with van der Waals surface area (Å²) >= 11 is 0. The molecular formula is C20H28ClN3O3S. The van der Waals surface area contributed by atoms with Crippen LogP contribution in [0.2, 0.25) is 0 Å². The monoisotopic (exact) mass is 425 g/mol. The standard InChI is InChI=1S/C20H27N3O3S.ClH/c1-3-23(4-2)27(25,26)18-12-9-16(10-13-18)15-22-20(24)14-11-17-7-5-6-8-19(17)21;/h5-10,12-13H,3-4,11,14-15,21H2,1-2H3,(H,22,24);1H. The number of anilines is 1. The average Bonchev–Trinajstić information content (AvgIpc) is 2.67. The van der Waals surface area contributed by atoms with Gasteiger partial charge in [-0.3, -0.25) is 4.79 Å². The summed E-state index contributed by atoms with van der Waals surface area (Å²) in [6, 6.07) is 14.1. The maximum absolute atomic E-state index is 12.5. The molecule has 0 fully saturated rings. The molecule has 0 saturated carbocycles. The molecule has 0 radical (unpaired) electrons. The first-order valence-electron chi connectivity index (χ1n) is 9.07. The Morgan fingerprint density at radius 3 is 2.21 bits per heavy atom. The third-order valence-corrected chi connectivity index (χ3v) is 6.50. The van der Waals surface area contributed by atoms with E-state index >= 15 is 0 Å². The first-order chi connectivity index (χ1) is 12.9. The molecule has 0 spiro atoms. The molecule has 0 saturated heterocycles. The van der Waals surface area contributed by atoms with Crippen LogP contribution in [0.4, 0.5) is 5.69 Å². The number of hydrogen-bond donors (Lipinski definition) is 2. The Morgan fingerprint density at radius 2 is 1.64 bits per heavy atom. The van der Waals surface area contributed by atoms with Gasteiger partial charge < -0.3 is 11.1 Å². The van der Waals surface area contributed by atoms with Crippen LogP contribution in [0.25, 0.3) is 0 Å². The number of carbonyl (C=O) groups is 1. The summed E-state index contributed by atoms with van der Waals surface area (Å²) in [5, 5.41) is 2.85. The van der Waals surface area contributed by atoms with Crippen molar-refractivity contribution >= 4 is 34.0 Å². The van der Waals surface area contributed by atoms with Crippen molar-refractivity contribution in [3.63, 3.8) is 0 Å². The zero-order chi connectivity index (χ0) is 19.9. The van der Waals surface area contributed by atoms with Gasteiger partial charge in [-0.2, -0.15) is 4.31 Å². The number of amides is 1. The number of nitrogen functional groups attached to an aromatic ring is 1. The Kier molecular flexibility index (Phi) is 9.45. The molecule has 8 heteroatoms. The van der Waals surface area contributed by atoms with Crippen LogP contribution in [0.5, 0.6) is 0 Å². The highest BCUT2D eigenvalue weighted by molar-refractivity contribution is 7.89. The molecule has 0 aliphatic carbocycles. The van der Waals surface area contributed by atoms with Crippen molar-refractivity contribution in [2.45, 2.75) is 38.1 Å². The molecule has 0 aromatic heterocycles. The number of nitrogens with two attached hydrogens (primary N) is 1. The number of benzene rings is 2. The molecule has 28 heavy (non-hydrogen) atoms. The van der Waals surface area contributed by atoms with Crippen molar-refractivity contribution in [2.24, 2.45) is 0 Å². The van der Waals surface area contributed by atoms with Gasteiger partial charge >= 0.3 is 0 Å². The highest BCUT2D eigenvalue weighted by atomic mass is 35.5. The van der Waals surface area contributed by atoms with E-state index in [-0.39, 0.29) is 23.2 Å². The van der Waals surface area contributed by atoms with Crippen molar-refractivity contribution in [3.8, 4) is 0 Å². The zero-order valence-corrected chi connectivity index (χ0v) is 17.9. The molecule has 0 unspecified atom stereocenters. The van der Waals surface area contributed by atoms with Crippen LogP contribution < -0.4 is 11.1 Å². The lowest BCUT2D eigenvalue weighted by Gasteiger charge is -2.18. The van der Waals surface area contributed by atoms with E-state index in [0.29, 0.717) is 38.2 Å². The van der Waals surface area contributed by atoms with Gasteiger partial charge in [-0.05, 0) is 35.7 Å². The van der Waals surface area contributed by atoms with Crippen LogP contribution >= 0.6 is 12.4 Å². The van der Waals surface area contributed by atoms with Crippen LogP contribution in [0.1, 0.15) is 31.4 Å². The van der Waals surface area contributed by atoms with Crippen molar-refractivity contribution < 1.29 is 13.2 Å². The minimum Gasteiger partial charge on any atom is -0.399 e. The summed E-state index contributed by atoms with van der Waals surface area (Å²) in [5.41, 5.74) is 8.37. The van der Waals surface area contributed by atoms with Gasteiger partial charge in [0.25, 0.3) is 0 Å². The second kappa shape index (κ2) is 11.0. The number of sulfonamides is 1. The van der Waals surface area contributed by atoms with Gasteiger partial charge in [0.15, 0.2) is 0 Å². The van der Waals surface area contributed by atoms with Crippen molar-refractivity contribution in [3.05, 3.63) is 59.7 Å². The Morgan fingerprint density at radius 1 is 1.04 bits per heavy atom. The Balaban J connectivity index is 0.00000392. The van der Waals surface area contributed by atoms with Gasteiger partial charge in [0.1, 0.15) is 0 Å². The van der Waals surface area contributed by atoms with Crippen LogP contribution in [0, 0.1) is 0 Å². The summed E-state index contributed by atoms with van der Waals surface area (Å²) in [4.78, 5) is 12.3. The van der Waals surface area contributed by atoms with Crippen LogP contribution in [-0.2, 0) is 27.8 Å². The van der Waals surface area contributed by atoms with Crippen LogP contribution in [-0.4, -0.2) is 31.7 Å². The maximum atomic E-state index is 12.5. The third kappa shape index (κ3) is 6.22. The highest BCUT2D eigenvalue weighted by Crippen LogP contribution is 2.16. The molecule has 0 atom stereocenters. The van der Waals surface area contributed by atoms with Crippen molar-refractivity contribution in [2.75, 3.05) is 18.8 Å². The fourth-order valence-corrected chi connectivity index (χ4v) is 4.25. The van der Waals surface area contributed by atoms with Gasteiger partial charge in [0.2, 0.25) is 15.9 Å². The van der Waals surface area contributed by atoms with Gasteiger partial charge in [-0.1, -0.05) is 44.2 Å². The molecule has 2 aromatic carbocycles. The predicted molar refractivity (Wildman–Crippen MR) is 115 cm³/mol. The molecule has 0 aliphatic rings. The molecule has 154 valence electrons. The Bertz CT molecular complexity index is 867. The fraction of sp³-hybridized carbons (Fsp3) is 0.350. The first-order valence-corrected chi connectivity index (χ1v) is 10.5. The number of nitrogens with one attached hydrogen (secondary N) is 1. The van der Waals surface area contributed by atoms with Gasteiger partial charge in [0.05, 0.1) is 4.90 Å². The number of para-hydroxylation sites is 1. The fourth-order valence-electron chi connectivity index (χ4n) is 2.79. The van der Waals surface area contributed by atoms with Crippen LogP contribution in [0.15, 0.2) is 53.4 Å². The molecule has 0 aliphatic heterocycles. The normalized spacial score (nSPS) is 11.1. The van der Waals surface area contributed by atoms with E-state index in [1.807, 2.05) is 38.1 Å². The number of rotatable bonds is 9. The highest BCUT2D eigenvalue weighted by Gasteiger charge is 2.21. The maximum Gasteiger partial charge on any atom is 0.243 e. The number of hydrogen-bond acceptors (Lipinski definition) is 4. The number of carbonyl (C=O) groups excluding carboxylic acids is 1. The van der Waals surface area contributed by atoms with Crippen LogP contribution in [0.3, 0.4) is 0 Å². The lowest BCUT2D eigenvalue weighted by atomic mass is 10.1. The molecule has 0 bridgehead atoms. The van der Waals surface area contributed by atoms with Crippen molar-refractivity contribution in [1.29, 1.82) is 0 Å². The van der Waals surface area contributed by atoms with E-state index < -0.39 is 10.0 Å². The largest absolute Gasteiger partial charge is 0.399 e. The summed E-state index contributed by atoms with van der Waals surface area (Å²) in [5.74, 6) is -0.0712. The summed E-state index contributed by atoms with van der Waals surface area (Å²) in [7, 11) is -3.46. The number of aryl methyl sites for hydroxylation is 1. The molecule has 1 amide bonds. The topological polar surface area (TPSA) is 92.5 Å². The number of halogens is 1. The van der Waals surface area contributed by atoms with E-state index in [1.54, 1.807) is 24.3 Å². The molecule has 0 heterocycles. The lowest BCUT2D eigenvalue weighted by molar-refractivity contribution is -0.121. The number of nitrogens with zero attached hydrogens (tertiary/aromatic N) is 1. The zero-order valence-electron chi connectivity index (χ0n) is 16.2.